The Morgan fingerprint density at radius 1 is 1.19 bits per heavy atom. The zero-order valence-corrected chi connectivity index (χ0v) is 16.6. The molecule has 1 aliphatic heterocycles. The second kappa shape index (κ2) is 7.60. The number of halogens is 1. The molecule has 4 rings (SSSR count). The van der Waals surface area contributed by atoms with Gasteiger partial charge in [0, 0.05) is 11.5 Å². The summed E-state index contributed by atoms with van der Waals surface area (Å²) >= 11 is 6.43. The van der Waals surface area contributed by atoms with E-state index in [1.807, 2.05) is 6.07 Å². The minimum absolute atomic E-state index is 0.115. The molecule has 2 aliphatic rings. The van der Waals surface area contributed by atoms with Gasteiger partial charge in [0.15, 0.2) is 0 Å². The maximum Gasteiger partial charge on any atom is 0.339 e. The largest absolute Gasteiger partial charge is 0.497 e. The lowest BCUT2D eigenvalue weighted by Crippen LogP contribution is -2.25. The van der Waals surface area contributed by atoms with Crippen molar-refractivity contribution in [2.45, 2.75) is 32.3 Å². The van der Waals surface area contributed by atoms with Crippen LogP contribution in [0.3, 0.4) is 0 Å². The highest BCUT2D eigenvalue weighted by Crippen LogP contribution is 2.56. The first-order valence-electron chi connectivity index (χ1n) is 9.01. The van der Waals surface area contributed by atoms with Crippen molar-refractivity contribution in [3.8, 4) is 5.75 Å². The van der Waals surface area contributed by atoms with Gasteiger partial charge >= 0.3 is 7.73 Å². The summed E-state index contributed by atoms with van der Waals surface area (Å²) in [6, 6.07) is 12.4. The molecule has 2 aromatic carbocycles. The van der Waals surface area contributed by atoms with E-state index in [2.05, 4.69) is 49.4 Å². The lowest BCUT2D eigenvalue weighted by molar-refractivity contribution is 0.205. The molecule has 3 atom stereocenters. The third-order valence-electron chi connectivity index (χ3n) is 5.04. The number of unbranched alkanes of at least 4 members (excludes halogenated alkanes) is 1. The number of methoxy groups -OCH3 is 1. The summed E-state index contributed by atoms with van der Waals surface area (Å²) < 4.78 is 17.8. The highest BCUT2D eigenvalue weighted by atomic mass is 35.7. The Balaban J connectivity index is 1.91. The van der Waals surface area contributed by atoms with Gasteiger partial charge in [-0.3, -0.25) is 0 Å². The number of rotatable bonds is 4. The van der Waals surface area contributed by atoms with E-state index in [4.69, 9.17) is 25.0 Å². The molecule has 0 spiro atoms. The van der Waals surface area contributed by atoms with Gasteiger partial charge in [-0.15, -0.1) is 0 Å². The molecule has 3 unspecified atom stereocenters. The summed E-state index contributed by atoms with van der Waals surface area (Å²) in [5, 5.41) is 2.33. The summed E-state index contributed by atoms with van der Waals surface area (Å²) in [6.45, 7) is 2.20. The van der Waals surface area contributed by atoms with Gasteiger partial charge in [-0.1, -0.05) is 50.1 Å². The molecule has 3 nitrogen and oxygen atoms in total. The van der Waals surface area contributed by atoms with Gasteiger partial charge in [0.25, 0.3) is 0 Å². The van der Waals surface area contributed by atoms with Crippen molar-refractivity contribution >= 4 is 35.3 Å². The molecule has 136 valence electrons. The summed E-state index contributed by atoms with van der Waals surface area (Å²) in [5.41, 5.74) is 2.17. The molecule has 0 bridgehead atoms. The lowest BCUT2D eigenvalue weighted by Gasteiger charge is -2.30. The molecule has 0 aromatic heterocycles. The van der Waals surface area contributed by atoms with Gasteiger partial charge in [-0.2, -0.15) is 0 Å². The molecule has 0 saturated carbocycles. The van der Waals surface area contributed by atoms with E-state index in [1.165, 1.54) is 5.39 Å². The molecule has 0 amide bonds. The van der Waals surface area contributed by atoms with Crippen molar-refractivity contribution in [3.63, 3.8) is 0 Å². The first-order valence-corrected chi connectivity index (χ1v) is 11.1. The highest BCUT2D eigenvalue weighted by Gasteiger charge is 2.37. The molecular weight excluding hydrogens is 367 g/mol. The monoisotopic (exact) mass is 388 g/mol. The van der Waals surface area contributed by atoms with Gasteiger partial charge in [0.1, 0.15) is 11.5 Å². The number of benzene rings is 2. The van der Waals surface area contributed by atoms with Crippen LogP contribution in [-0.4, -0.2) is 13.2 Å². The second-order valence-electron chi connectivity index (χ2n) is 6.67. The van der Waals surface area contributed by atoms with Crippen molar-refractivity contribution in [3.05, 3.63) is 59.9 Å². The maximum absolute atomic E-state index is 6.43. The number of hydrogen-bond donors (Lipinski definition) is 0. The molecule has 26 heavy (non-hydrogen) atoms. The Hall–Kier alpha value is -1.54. The normalized spacial score (nSPS) is 24.7. The van der Waals surface area contributed by atoms with Crippen LogP contribution in [0.25, 0.3) is 16.3 Å². The molecule has 0 N–H and O–H groups in total. The minimum atomic E-state index is -1.50. The van der Waals surface area contributed by atoms with Gasteiger partial charge in [0.2, 0.25) is 0 Å². The standard InChI is InChI=1S/C21H22ClO3P/c1-3-4-7-15-12-16(23-2)13-18-20-17-9-6-5-8-14(17)10-11-19(20)24-26(22)25-21(15)18/h5-6,8-13,15,21H,3-4,7H2,1-2H3. The molecule has 0 fully saturated rings. The first kappa shape index (κ1) is 17.9. The van der Waals surface area contributed by atoms with Crippen molar-refractivity contribution in [2.75, 3.05) is 7.11 Å². The van der Waals surface area contributed by atoms with E-state index in [0.717, 1.165) is 47.3 Å². The zero-order valence-electron chi connectivity index (χ0n) is 14.9. The van der Waals surface area contributed by atoms with Crippen molar-refractivity contribution in [1.82, 2.24) is 0 Å². The fraction of sp³-hybridized carbons (Fsp3) is 0.333. The van der Waals surface area contributed by atoms with E-state index in [0.29, 0.717) is 0 Å². The third kappa shape index (κ3) is 3.24. The first-order chi connectivity index (χ1) is 12.7. The van der Waals surface area contributed by atoms with Crippen LogP contribution in [0.4, 0.5) is 0 Å². The predicted octanol–water partition coefficient (Wildman–Crippen LogP) is 6.82. The van der Waals surface area contributed by atoms with E-state index in [1.54, 1.807) is 7.11 Å². The van der Waals surface area contributed by atoms with E-state index >= 15 is 0 Å². The van der Waals surface area contributed by atoms with Gasteiger partial charge in [0.05, 0.1) is 13.2 Å². The summed E-state index contributed by atoms with van der Waals surface area (Å²) in [7, 11) is 0.212. The van der Waals surface area contributed by atoms with Crippen LogP contribution in [0.5, 0.6) is 5.75 Å². The molecule has 0 radical (unpaired) electrons. The summed E-state index contributed by atoms with van der Waals surface area (Å²) in [5.74, 6) is 1.88. The fourth-order valence-electron chi connectivity index (χ4n) is 3.78. The molecule has 0 saturated heterocycles. The van der Waals surface area contributed by atoms with Crippen LogP contribution in [0.15, 0.2) is 54.3 Å². The van der Waals surface area contributed by atoms with E-state index in [9.17, 15) is 0 Å². The average Bonchev–Trinajstić information content (AvgIpc) is 2.81. The predicted molar refractivity (Wildman–Crippen MR) is 108 cm³/mol. The van der Waals surface area contributed by atoms with Gasteiger partial charge < -0.3 is 13.8 Å². The number of allylic oxidation sites excluding steroid dienone is 1. The van der Waals surface area contributed by atoms with Crippen LogP contribution in [0, 0.1) is 5.92 Å². The van der Waals surface area contributed by atoms with E-state index in [-0.39, 0.29) is 12.0 Å². The topological polar surface area (TPSA) is 27.7 Å². The minimum Gasteiger partial charge on any atom is -0.497 e. The molecular formula is C21H22ClO3P. The van der Waals surface area contributed by atoms with Crippen LogP contribution >= 0.6 is 19.0 Å². The van der Waals surface area contributed by atoms with Crippen LogP contribution in [0.2, 0.25) is 0 Å². The number of hydrogen-bond acceptors (Lipinski definition) is 3. The van der Waals surface area contributed by atoms with Crippen LogP contribution in [-0.2, 0) is 9.26 Å². The Kier molecular flexibility index (Phi) is 5.22. The quantitative estimate of drug-likeness (QED) is 0.538. The molecule has 1 heterocycles. The smallest absolute Gasteiger partial charge is 0.339 e. The van der Waals surface area contributed by atoms with Crippen molar-refractivity contribution < 1.29 is 13.8 Å². The van der Waals surface area contributed by atoms with Gasteiger partial charge in [-0.25, -0.2) is 0 Å². The van der Waals surface area contributed by atoms with Crippen molar-refractivity contribution in [2.24, 2.45) is 5.92 Å². The number of ether oxygens (including phenoxy) is 1. The average molecular weight is 389 g/mol. The second-order valence-corrected chi connectivity index (χ2v) is 8.32. The molecule has 5 heteroatoms. The fourth-order valence-corrected chi connectivity index (χ4v) is 5.06. The zero-order chi connectivity index (χ0) is 18.1. The summed E-state index contributed by atoms with van der Waals surface area (Å²) in [6.07, 6.45) is 7.44. The van der Waals surface area contributed by atoms with Crippen LogP contribution < -0.4 is 4.52 Å². The Morgan fingerprint density at radius 3 is 2.85 bits per heavy atom. The van der Waals surface area contributed by atoms with Crippen LogP contribution in [0.1, 0.15) is 31.7 Å². The van der Waals surface area contributed by atoms with Crippen molar-refractivity contribution in [1.29, 1.82) is 0 Å². The molecule has 2 aromatic rings. The lowest BCUT2D eigenvalue weighted by atomic mass is 9.82. The van der Waals surface area contributed by atoms with E-state index < -0.39 is 7.73 Å². The Morgan fingerprint density at radius 2 is 2.04 bits per heavy atom. The third-order valence-corrected chi connectivity index (χ3v) is 6.22. The maximum atomic E-state index is 6.43. The summed E-state index contributed by atoms with van der Waals surface area (Å²) in [4.78, 5) is 0. The number of fused-ring (bicyclic) bond motifs is 5. The highest BCUT2D eigenvalue weighted by molar-refractivity contribution is 7.76. The molecule has 1 aliphatic carbocycles. The Bertz CT molecular complexity index is 877. The SMILES string of the molecule is CCCCC1C=C(OC)C=C2c3c(ccc4ccccc34)OP(Cl)OC21. The Labute approximate surface area is 160 Å². The van der Waals surface area contributed by atoms with Gasteiger partial charge in [-0.05, 0) is 52.2 Å².